The van der Waals surface area contributed by atoms with Gasteiger partial charge in [0.1, 0.15) is 5.69 Å². The Morgan fingerprint density at radius 3 is 2.76 bits per heavy atom. The Morgan fingerprint density at radius 1 is 1.24 bits per heavy atom. The van der Waals surface area contributed by atoms with E-state index in [0.717, 1.165) is 22.3 Å². The van der Waals surface area contributed by atoms with Crippen molar-refractivity contribution in [2.45, 2.75) is 19.8 Å². The zero-order valence-corrected chi connectivity index (χ0v) is 15.9. The van der Waals surface area contributed by atoms with E-state index in [9.17, 15) is 14.0 Å². The fourth-order valence-electron chi connectivity index (χ4n) is 3.56. The monoisotopic (exact) mass is 390 g/mol. The van der Waals surface area contributed by atoms with Gasteiger partial charge in [-0.15, -0.1) is 0 Å². The number of nitrogens with two attached hydrogens (primary N) is 1. The number of aryl methyl sites for hydroxylation is 1. The molecule has 0 saturated heterocycles. The Hall–Kier alpha value is -3.61. The Balaban J connectivity index is 1.65. The number of nitrogens with zero attached hydrogens (tertiary/aromatic N) is 3. The third-order valence-corrected chi connectivity index (χ3v) is 5.11. The van der Waals surface area contributed by atoms with Crippen LogP contribution in [-0.4, -0.2) is 28.3 Å². The van der Waals surface area contributed by atoms with Crippen LogP contribution < -0.4 is 10.6 Å². The van der Waals surface area contributed by atoms with Crippen LogP contribution >= 0.6 is 0 Å². The van der Waals surface area contributed by atoms with Crippen molar-refractivity contribution in [3.8, 4) is 0 Å². The molecule has 1 aliphatic heterocycles. The first-order valence-corrected chi connectivity index (χ1v) is 9.23. The molecule has 1 aliphatic rings. The molecule has 3 heterocycles. The van der Waals surface area contributed by atoms with Crippen molar-refractivity contribution in [3.05, 3.63) is 88.1 Å². The maximum atomic E-state index is 14.1. The van der Waals surface area contributed by atoms with E-state index >= 15 is 0 Å². The van der Waals surface area contributed by atoms with E-state index in [2.05, 4.69) is 9.97 Å². The number of hydrogen-bond acceptors (Lipinski definition) is 4. The zero-order chi connectivity index (χ0) is 20.5. The smallest absolute Gasteiger partial charge is 0.267 e. The molecule has 2 aromatic heterocycles. The maximum absolute atomic E-state index is 14.1. The van der Waals surface area contributed by atoms with Gasteiger partial charge < -0.3 is 5.73 Å². The van der Waals surface area contributed by atoms with Crippen molar-refractivity contribution in [2.24, 2.45) is 5.73 Å². The molecule has 0 aliphatic carbocycles. The van der Waals surface area contributed by atoms with Gasteiger partial charge >= 0.3 is 0 Å². The molecule has 7 heteroatoms. The summed E-state index contributed by atoms with van der Waals surface area (Å²) in [6, 6.07) is 10.1. The van der Waals surface area contributed by atoms with Crippen LogP contribution in [0.3, 0.4) is 0 Å². The van der Waals surface area contributed by atoms with Crippen molar-refractivity contribution in [2.75, 3.05) is 11.4 Å². The molecular formula is C22H19FN4O2. The molecule has 0 unspecified atom stereocenters. The fraction of sp³-hybridized carbons (Fsp3) is 0.182. The summed E-state index contributed by atoms with van der Waals surface area (Å²) in [6.07, 6.45) is 4.27. The average Bonchev–Trinajstić information content (AvgIpc) is 2.70. The summed E-state index contributed by atoms with van der Waals surface area (Å²) in [6.45, 7) is 2.38. The summed E-state index contributed by atoms with van der Waals surface area (Å²) in [5.74, 6) is -1.30. The van der Waals surface area contributed by atoms with Gasteiger partial charge in [0.2, 0.25) is 0 Å². The number of carbonyl (C=O) groups is 2. The minimum Gasteiger partial charge on any atom is -0.364 e. The third kappa shape index (κ3) is 3.59. The van der Waals surface area contributed by atoms with Crippen LogP contribution in [0.1, 0.15) is 43.1 Å². The number of rotatable bonds is 4. The summed E-state index contributed by atoms with van der Waals surface area (Å²) in [7, 11) is 0. The first-order chi connectivity index (χ1) is 13.9. The number of primary amides is 1. The zero-order valence-electron chi connectivity index (χ0n) is 15.9. The molecule has 0 fully saturated rings. The molecule has 0 atom stereocenters. The van der Waals surface area contributed by atoms with E-state index in [1.165, 1.54) is 23.2 Å². The maximum Gasteiger partial charge on any atom is 0.267 e. The molecule has 0 bridgehead atoms. The normalized spacial score (nSPS) is 13.3. The standard InChI is InChI=1S/C22H19FN4O2/c1-13-9-15-6-8-27(21-18(23)3-2-7-25-21)22(29)17(15)11-16(13)10-14-4-5-19(20(24)28)26-12-14/h2-5,7,9,11-12H,6,8,10H2,1H3,(H2,24,28). The first kappa shape index (κ1) is 18.7. The number of carbonyl (C=O) groups excluding carboxylic acids is 2. The van der Waals surface area contributed by atoms with Crippen LogP contribution in [0.2, 0.25) is 0 Å². The molecule has 0 spiro atoms. The van der Waals surface area contributed by atoms with Gasteiger partial charge in [0.05, 0.1) is 0 Å². The molecule has 146 valence electrons. The molecule has 6 nitrogen and oxygen atoms in total. The van der Waals surface area contributed by atoms with E-state index in [0.29, 0.717) is 24.9 Å². The van der Waals surface area contributed by atoms with Crippen molar-refractivity contribution < 1.29 is 14.0 Å². The Morgan fingerprint density at radius 2 is 2.07 bits per heavy atom. The predicted octanol–water partition coefficient (Wildman–Crippen LogP) is 2.82. The van der Waals surface area contributed by atoms with Crippen LogP contribution in [0.25, 0.3) is 0 Å². The molecule has 1 aromatic carbocycles. The quantitative estimate of drug-likeness (QED) is 0.742. The van der Waals surface area contributed by atoms with Gasteiger partial charge in [-0.25, -0.2) is 9.37 Å². The lowest BCUT2D eigenvalue weighted by Gasteiger charge is -2.28. The average molecular weight is 390 g/mol. The van der Waals surface area contributed by atoms with Crippen molar-refractivity contribution in [1.82, 2.24) is 9.97 Å². The number of halogens is 1. The van der Waals surface area contributed by atoms with Gasteiger partial charge in [-0.1, -0.05) is 12.1 Å². The molecular weight excluding hydrogens is 371 g/mol. The number of aromatic nitrogens is 2. The van der Waals surface area contributed by atoms with Gasteiger partial charge in [-0.2, -0.15) is 0 Å². The van der Waals surface area contributed by atoms with Crippen LogP contribution in [0.4, 0.5) is 10.2 Å². The number of hydrogen-bond donors (Lipinski definition) is 1. The highest BCUT2D eigenvalue weighted by Gasteiger charge is 2.28. The minimum atomic E-state index is -0.575. The molecule has 29 heavy (non-hydrogen) atoms. The Labute approximate surface area is 167 Å². The van der Waals surface area contributed by atoms with E-state index in [1.54, 1.807) is 18.3 Å². The lowest BCUT2D eigenvalue weighted by Crippen LogP contribution is -2.39. The van der Waals surface area contributed by atoms with Crippen molar-refractivity contribution in [3.63, 3.8) is 0 Å². The van der Waals surface area contributed by atoms with Crippen LogP contribution in [0.5, 0.6) is 0 Å². The lowest BCUT2D eigenvalue weighted by molar-refractivity contribution is 0.0975. The summed E-state index contributed by atoms with van der Waals surface area (Å²) in [5.41, 5.74) is 9.87. The number of fused-ring (bicyclic) bond motifs is 1. The van der Waals surface area contributed by atoms with Gasteiger partial charge in [0.25, 0.3) is 11.8 Å². The predicted molar refractivity (Wildman–Crippen MR) is 106 cm³/mol. The van der Waals surface area contributed by atoms with Gasteiger partial charge in [-0.05, 0) is 66.3 Å². The highest BCUT2D eigenvalue weighted by molar-refractivity contribution is 6.08. The molecule has 3 aromatic rings. The van der Waals surface area contributed by atoms with Gasteiger partial charge in [-0.3, -0.25) is 19.5 Å². The number of benzene rings is 1. The van der Waals surface area contributed by atoms with Crippen LogP contribution in [0, 0.1) is 12.7 Å². The highest BCUT2D eigenvalue weighted by atomic mass is 19.1. The minimum absolute atomic E-state index is 0.0523. The first-order valence-electron chi connectivity index (χ1n) is 9.23. The Bertz CT molecular complexity index is 1110. The van der Waals surface area contributed by atoms with Crippen LogP contribution in [-0.2, 0) is 12.8 Å². The summed E-state index contributed by atoms with van der Waals surface area (Å²) in [5, 5.41) is 0. The third-order valence-electron chi connectivity index (χ3n) is 5.11. The SMILES string of the molecule is Cc1cc2c(cc1Cc1ccc(C(N)=O)nc1)C(=O)N(c1ncccc1F)CC2. The van der Waals surface area contributed by atoms with E-state index in [-0.39, 0.29) is 17.4 Å². The van der Waals surface area contributed by atoms with Gasteiger partial charge in [0, 0.05) is 24.5 Å². The Kier molecular flexibility index (Phi) is 4.80. The summed E-state index contributed by atoms with van der Waals surface area (Å²) < 4.78 is 14.1. The van der Waals surface area contributed by atoms with E-state index in [1.807, 2.05) is 19.1 Å². The summed E-state index contributed by atoms with van der Waals surface area (Å²) in [4.78, 5) is 33.7. The van der Waals surface area contributed by atoms with Crippen LogP contribution in [0.15, 0.2) is 48.8 Å². The number of anilines is 1. The fourth-order valence-corrected chi connectivity index (χ4v) is 3.56. The number of pyridine rings is 2. The molecule has 2 N–H and O–H groups in total. The second kappa shape index (κ2) is 7.43. The van der Waals surface area contributed by atoms with E-state index < -0.39 is 11.7 Å². The molecule has 0 saturated carbocycles. The topological polar surface area (TPSA) is 89.2 Å². The number of amides is 2. The van der Waals surface area contributed by atoms with Crippen molar-refractivity contribution in [1.29, 1.82) is 0 Å². The highest BCUT2D eigenvalue weighted by Crippen LogP contribution is 2.28. The lowest BCUT2D eigenvalue weighted by atomic mass is 9.91. The largest absolute Gasteiger partial charge is 0.364 e. The second-order valence-corrected chi connectivity index (χ2v) is 7.04. The van der Waals surface area contributed by atoms with Gasteiger partial charge in [0.15, 0.2) is 11.6 Å². The molecule has 4 rings (SSSR count). The summed E-state index contributed by atoms with van der Waals surface area (Å²) >= 11 is 0. The van der Waals surface area contributed by atoms with Crippen molar-refractivity contribution >= 4 is 17.6 Å². The molecule has 2 amide bonds. The molecule has 0 radical (unpaired) electrons. The second-order valence-electron chi connectivity index (χ2n) is 7.04. The van der Waals surface area contributed by atoms with E-state index in [4.69, 9.17) is 5.73 Å².